The van der Waals surface area contributed by atoms with E-state index in [1.54, 1.807) is 0 Å². The Kier molecular flexibility index (Phi) is 4.90. The quantitative estimate of drug-likeness (QED) is 0.690. The lowest BCUT2D eigenvalue weighted by Crippen LogP contribution is -2.26. The summed E-state index contributed by atoms with van der Waals surface area (Å²) in [5.74, 6) is 0. The third-order valence-electron chi connectivity index (χ3n) is 3.56. The van der Waals surface area contributed by atoms with Crippen LogP contribution in [0.3, 0.4) is 0 Å². The van der Waals surface area contributed by atoms with E-state index in [9.17, 15) is 0 Å². The minimum atomic E-state index is 0.528. The Labute approximate surface area is 88.6 Å². The molecule has 1 heterocycles. The van der Waals surface area contributed by atoms with Crippen molar-refractivity contribution in [3.63, 3.8) is 0 Å². The Hall–Kier alpha value is -0.0800. The van der Waals surface area contributed by atoms with Gasteiger partial charge in [-0.1, -0.05) is 13.8 Å². The molecule has 0 saturated carbocycles. The summed E-state index contributed by atoms with van der Waals surface area (Å²) >= 11 is 0. The Morgan fingerprint density at radius 1 is 1.29 bits per heavy atom. The van der Waals surface area contributed by atoms with Gasteiger partial charge in [-0.15, -0.1) is 0 Å². The minimum absolute atomic E-state index is 0.528. The molecule has 14 heavy (non-hydrogen) atoms. The van der Waals surface area contributed by atoms with Crippen molar-refractivity contribution >= 4 is 0 Å². The smallest absolute Gasteiger partial charge is 0.0471 e. The summed E-state index contributed by atoms with van der Waals surface area (Å²) in [6.07, 6.45) is 5.14. The van der Waals surface area contributed by atoms with E-state index < -0.39 is 0 Å². The van der Waals surface area contributed by atoms with Gasteiger partial charge in [0.2, 0.25) is 0 Å². The largest absolute Gasteiger partial charge is 0.381 e. The van der Waals surface area contributed by atoms with Gasteiger partial charge in [0.15, 0.2) is 0 Å². The first-order valence-electron chi connectivity index (χ1n) is 5.92. The molecular weight excluding hydrogens is 174 g/mol. The highest BCUT2D eigenvalue weighted by atomic mass is 16.5. The van der Waals surface area contributed by atoms with E-state index in [1.165, 1.54) is 32.2 Å². The average molecular weight is 199 g/mol. The molecular formula is C12H25NO. The molecule has 1 aliphatic rings. The lowest BCUT2D eigenvalue weighted by atomic mass is 9.80. The van der Waals surface area contributed by atoms with E-state index in [0.29, 0.717) is 5.41 Å². The maximum atomic E-state index is 5.51. The zero-order chi connectivity index (χ0) is 10.4. The predicted molar refractivity (Wildman–Crippen MR) is 60.6 cm³/mol. The van der Waals surface area contributed by atoms with E-state index in [4.69, 9.17) is 4.74 Å². The molecule has 0 aliphatic carbocycles. The molecule has 1 aliphatic heterocycles. The Balaban J connectivity index is 2.31. The van der Waals surface area contributed by atoms with Crippen LogP contribution in [0.5, 0.6) is 0 Å². The molecule has 0 amide bonds. The van der Waals surface area contributed by atoms with Gasteiger partial charge in [0.05, 0.1) is 0 Å². The first-order valence-corrected chi connectivity index (χ1v) is 5.92. The van der Waals surface area contributed by atoms with Crippen LogP contribution in [0.2, 0.25) is 0 Å². The second-order valence-electron chi connectivity index (χ2n) is 4.92. The molecule has 0 radical (unpaired) electrons. The fraction of sp³-hybridized carbons (Fsp3) is 1.00. The Morgan fingerprint density at radius 2 is 2.07 bits per heavy atom. The zero-order valence-electron chi connectivity index (χ0n) is 10.0. The first kappa shape index (κ1) is 12.0. The molecule has 0 aromatic carbocycles. The van der Waals surface area contributed by atoms with Gasteiger partial charge in [-0.2, -0.15) is 0 Å². The summed E-state index contributed by atoms with van der Waals surface area (Å²) in [6, 6.07) is 0. The van der Waals surface area contributed by atoms with Crippen molar-refractivity contribution in [2.45, 2.75) is 39.5 Å². The van der Waals surface area contributed by atoms with Gasteiger partial charge in [0, 0.05) is 13.2 Å². The average Bonchev–Trinajstić information content (AvgIpc) is 2.40. The highest BCUT2D eigenvalue weighted by molar-refractivity contribution is 4.77. The van der Waals surface area contributed by atoms with Crippen LogP contribution in [0.4, 0.5) is 0 Å². The number of nitrogens with zero attached hydrogens (tertiary/aromatic N) is 1. The third kappa shape index (κ3) is 3.97. The number of rotatable bonds is 4. The van der Waals surface area contributed by atoms with Gasteiger partial charge >= 0.3 is 0 Å². The van der Waals surface area contributed by atoms with Crippen molar-refractivity contribution in [1.29, 1.82) is 0 Å². The van der Waals surface area contributed by atoms with Crippen LogP contribution in [0, 0.1) is 5.41 Å². The van der Waals surface area contributed by atoms with E-state index in [2.05, 4.69) is 25.8 Å². The van der Waals surface area contributed by atoms with Crippen LogP contribution in [-0.2, 0) is 4.74 Å². The van der Waals surface area contributed by atoms with Crippen LogP contribution in [0.1, 0.15) is 39.5 Å². The molecule has 1 rings (SSSR count). The van der Waals surface area contributed by atoms with Gasteiger partial charge in [0.25, 0.3) is 0 Å². The highest BCUT2D eigenvalue weighted by Crippen LogP contribution is 2.33. The van der Waals surface area contributed by atoms with Crippen molar-refractivity contribution < 1.29 is 4.74 Å². The SMILES string of the molecule is CCN(C)CCC1(C)CCCOCC1. The molecule has 0 bridgehead atoms. The standard InChI is InChI=1S/C12H25NO/c1-4-13(3)9-7-12(2)6-5-10-14-11-8-12/h4-11H2,1-3H3. The number of hydrogen-bond donors (Lipinski definition) is 0. The fourth-order valence-corrected chi connectivity index (χ4v) is 2.02. The summed E-state index contributed by atoms with van der Waals surface area (Å²) in [5.41, 5.74) is 0.528. The van der Waals surface area contributed by atoms with Crippen molar-refractivity contribution in [2.24, 2.45) is 5.41 Å². The Bertz CT molecular complexity index is 150. The molecule has 2 nitrogen and oxygen atoms in total. The van der Waals surface area contributed by atoms with Gasteiger partial charge in [-0.25, -0.2) is 0 Å². The topological polar surface area (TPSA) is 12.5 Å². The Morgan fingerprint density at radius 3 is 2.79 bits per heavy atom. The monoisotopic (exact) mass is 199 g/mol. The fourth-order valence-electron chi connectivity index (χ4n) is 2.02. The van der Waals surface area contributed by atoms with Crippen molar-refractivity contribution in [3.8, 4) is 0 Å². The van der Waals surface area contributed by atoms with Crippen LogP contribution in [-0.4, -0.2) is 38.3 Å². The van der Waals surface area contributed by atoms with Crippen LogP contribution < -0.4 is 0 Å². The lowest BCUT2D eigenvalue weighted by molar-refractivity contribution is 0.129. The van der Waals surface area contributed by atoms with E-state index in [0.717, 1.165) is 19.8 Å². The molecule has 1 atom stereocenters. The predicted octanol–water partition coefficient (Wildman–Crippen LogP) is 2.54. The van der Waals surface area contributed by atoms with Crippen LogP contribution >= 0.6 is 0 Å². The van der Waals surface area contributed by atoms with Crippen LogP contribution in [0.25, 0.3) is 0 Å². The normalized spacial score (nSPS) is 29.1. The molecule has 0 spiro atoms. The molecule has 0 aromatic rings. The summed E-state index contributed by atoms with van der Waals surface area (Å²) in [6.45, 7) is 8.97. The maximum Gasteiger partial charge on any atom is 0.0471 e. The lowest BCUT2D eigenvalue weighted by Gasteiger charge is -2.29. The molecule has 1 saturated heterocycles. The summed E-state index contributed by atoms with van der Waals surface area (Å²) < 4.78 is 5.51. The van der Waals surface area contributed by atoms with Gasteiger partial charge < -0.3 is 9.64 Å². The molecule has 2 heteroatoms. The van der Waals surface area contributed by atoms with E-state index >= 15 is 0 Å². The highest BCUT2D eigenvalue weighted by Gasteiger charge is 2.25. The first-order chi connectivity index (χ1) is 6.66. The van der Waals surface area contributed by atoms with Crippen molar-refractivity contribution in [2.75, 3.05) is 33.4 Å². The number of hydrogen-bond acceptors (Lipinski definition) is 2. The van der Waals surface area contributed by atoms with Crippen molar-refractivity contribution in [1.82, 2.24) is 4.90 Å². The second-order valence-corrected chi connectivity index (χ2v) is 4.92. The summed E-state index contributed by atoms with van der Waals surface area (Å²) in [7, 11) is 2.20. The van der Waals surface area contributed by atoms with E-state index in [-0.39, 0.29) is 0 Å². The van der Waals surface area contributed by atoms with Crippen molar-refractivity contribution in [3.05, 3.63) is 0 Å². The molecule has 84 valence electrons. The van der Waals surface area contributed by atoms with E-state index in [1.807, 2.05) is 0 Å². The van der Waals surface area contributed by atoms with Gasteiger partial charge in [-0.05, 0) is 51.2 Å². The zero-order valence-corrected chi connectivity index (χ0v) is 10.0. The van der Waals surface area contributed by atoms with Crippen LogP contribution in [0.15, 0.2) is 0 Å². The molecule has 1 unspecified atom stereocenters. The molecule has 0 N–H and O–H groups in total. The molecule has 0 aromatic heterocycles. The third-order valence-corrected chi connectivity index (χ3v) is 3.56. The van der Waals surface area contributed by atoms with Gasteiger partial charge in [0.1, 0.15) is 0 Å². The minimum Gasteiger partial charge on any atom is -0.381 e. The maximum absolute atomic E-state index is 5.51. The second kappa shape index (κ2) is 5.72. The van der Waals surface area contributed by atoms with Gasteiger partial charge in [-0.3, -0.25) is 0 Å². The number of ether oxygens (including phenoxy) is 1. The molecule has 1 fully saturated rings. The summed E-state index contributed by atoms with van der Waals surface area (Å²) in [4.78, 5) is 2.40. The summed E-state index contributed by atoms with van der Waals surface area (Å²) in [5, 5.41) is 0.